The van der Waals surface area contributed by atoms with Crippen LogP contribution in [0.4, 0.5) is 8.78 Å². The number of fused-ring (bicyclic) bond motifs is 1. The molecule has 8 nitrogen and oxygen atoms in total. The quantitative estimate of drug-likeness (QED) is 0.440. The summed E-state index contributed by atoms with van der Waals surface area (Å²) < 4.78 is 41.2. The topological polar surface area (TPSA) is 109 Å². The van der Waals surface area contributed by atoms with Gasteiger partial charge in [0.15, 0.2) is 0 Å². The molecule has 1 fully saturated rings. The van der Waals surface area contributed by atoms with Gasteiger partial charge >= 0.3 is 0 Å². The van der Waals surface area contributed by atoms with E-state index >= 15 is 0 Å². The number of nitrogens with zero attached hydrogens (tertiary/aromatic N) is 3. The van der Waals surface area contributed by atoms with Gasteiger partial charge in [-0.3, -0.25) is 9.36 Å². The number of nitriles is 1. The zero-order valence-electron chi connectivity index (χ0n) is 22.2. The normalized spacial score (nSPS) is 23.9. The molecule has 0 aliphatic carbocycles. The molecule has 2 aromatic rings. The Kier molecular flexibility index (Phi) is 7.53. The third-order valence-electron chi connectivity index (χ3n) is 7.61. The summed E-state index contributed by atoms with van der Waals surface area (Å²) in [6.07, 6.45) is 2.01. The average molecular weight is 588 g/mol. The molecule has 3 aliphatic rings. The van der Waals surface area contributed by atoms with Crippen LogP contribution in [0.5, 0.6) is 0 Å². The van der Waals surface area contributed by atoms with Gasteiger partial charge in [0.25, 0.3) is 5.91 Å². The Bertz CT molecular complexity index is 1550. The van der Waals surface area contributed by atoms with E-state index in [2.05, 4.69) is 10.7 Å². The van der Waals surface area contributed by atoms with Crippen molar-refractivity contribution in [2.75, 3.05) is 26.8 Å². The Morgan fingerprint density at radius 2 is 1.98 bits per heavy atom. The van der Waals surface area contributed by atoms with Crippen molar-refractivity contribution in [3.8, 4) is 6.07 Å². The van der Waals surface area contributed by atoms with Crippen LogP contribution in [0, 0.1) is 23.0 Å². The summed E-state index contributed by atoms with van der Waals surface area (Å²) in [6, 6.07) is 8.21. The van der Waals surface area contributed by atoms with E-state index in [9.17, 15) is 23.0 Å². The van der Waals surface area contributed by atoms with E-state index in [-0.39, 0.29) is 34.7 Å². The number of amides is 1. The molecule has 1 amide bonds. The Morgan fingerprint density at radius 3 is 2.65 bits per heavy atom. The molecular formula is C28H29ClF2N5O3P. The van der Waals surface area contributed by atoms with E-state index in [0.29, 0.717) is 41.9 Å². The predicted octanol–water partition coefficient (Wildman–Crippen LogP) is 4.58. The maximum atomic E-state index is 14.7. The Morgan fingerprint density at radius 1 is 1.25 bits per heavy atom. The zero-order valence-corrected chi connectivity index (χ0v) is 23.9. The number of allylic oxidation sites excluding steroid dienone is 1. The minimum Gasteiger partial charge on any atom is -0.376 e. The highest BCUT2D eigenvalue weighted by Crippen LogP contribution is 2.42. The number of hydrogen-bond acceptors (Lipinski definition) is 6. The number of hydrogen-bond donors (Lipinski definition) is 3. The molecule has 0 aromatic heterocycles. The van der Waals surface area contributed by atoms with E-state index in [1.807, 2.05) is 13.0 Å². The summed E-state index contributed by atoms with van der Waals surface area (Å²) in [5.41, 5.74) is 6.98. The van der Waals surface area contributed by atoms with Gasteiger partial charge in [0, 0.05) is 44.4 Å². The second-order valence-electron chi connectivity index (χ2n) is 10.6. The Labute approximate surface area is 236 Å². The van der Waals surface area contributed by atoms with Crippen LogP contribution in [0.15, 0.2) is 47.7 Å². The number of halogens is 3. The number of nitrogens with one attached hydrogen (secondary N) is 2. The van der Waals surface area contributed by atoms with Gasteiger partial charge in [0.05, 0.1) is 28.4 Å². The standard InChI is InChI=1S/C28H29ClF2N5O3P/c1-15-26-22(27(35(2)34-26)17-6-16(7-19(30)8-17)14-40(3,38)39)4-5-36(15)28(37)24-11-20(31)10-23(25(24)29)18-9-21(12-32)33-13-18/h6-11,15,18,26,33-34H,4-5,13-14H2,1-3H3,(H,38,39)/t15-,18?,26?/m1/s1. The molecule has 12 heteroatoms. The predicted molar refractivity (Wildman–Crippen MR) is 148 cm³/mol. The molecule has 3 unspecified atom stereocenters. The second-order valence-corrected chi connectivity index (χ2v) is 13.4. The fraction of sp³-hybridized carbons (Fsp3) is 0.357. The molecule has 1 saturated heterocycles. The van der Waals surface area contributed by atoms with Gasteiger partial charge in [-0.15, -0.1) is 0 Å². The lowest BCUT2D eigenvalue weighted by Crippen LogP contribution is -2.55. The first-order chi connectivity index (χ1) is 18.9. The van der Waals surface area contributed by atoms with Crippen molar-refractivity contribution in [3.05, 3.63) is 86.6 Å². The van der Waals surface area contributed by atoms with Crippen LogP contribution in [-0.2, 0) is 10.7 Å². The number of likely N-dealkylation sites (tertiary alicyclic amines) is 1. The Balaban J connectivity index is 1.44. The molecule has 0 bridgehead atoms. The molecule has 210 valence electrons. The minimum atomic E-state index is -3.40. The van der Waals surface area contributed by atoms with Gasteiger partial charge in [-0.2, -0.15) is 5.26 Å². The SMILES string of the molecule is C[C@@H]1C2NN(C)C(c3cc(F)cc(CP(C)(=O)O)c3)=C2CCN1C(=O)c1cc(F)cc(C2C=C(C#N)NC2)c1Cl. The zero-order chi connectivity index (χ0) is 28.9. The van der Waals surface area contributed by atoms with Crippen LogP contribution in [-0.4, -0.2) is 59.6 Å². The second kappa shape index (κ2) is 10.6. The number of hydrazine groups is 1. The van der Waals surface area contributed by atoms with Gasteiger partial charge in [-0.05, 0) is 66.5 Å². The number of piperidine rings is 1. The van der Waals surface area contributed by atoms with Crippen LogP contribution >= 0.6 is 19.0 Å². The molecule has 4 atom stereocenters. The van der Waals surface area contributed by atoms with Gasteiger partial charge in [-0.1, -0.05) is 11.6 Å². The highest BCUT2D eigenvalue weighted by molar-refractivity contribution is 7.56. The maximum absolute atomic E-state index is 14.7. The minimum absolute atomic E-state index is 0.0594. The maximum Gasteiger partial charge on any atom is 0.255 e. The third kappa shape index (κ3) is 5.39. The van der Waals surface area contributed by atoms with Crippen LogP contribution in [0.25, 0.3) is 5.70 Å². The van der Waals surface area contributed by atoms with Crippen molar-refractivity contribution in [3.63, 3.8) is 0 Å². The van der Waals surface area contributed by atoms with E-state index in [0.717, 1.165) is 17.3 Å². The summed E-state index contributed by atoms with van der Waals surface area (Å²) >= 11 is 6.67. The molecule has 2 aromatic carbocycles. The van der Waals surface area contributed by atoms with Crippen molar-refractivity contribution < 1.29 is 23.0 Å². The van der Waals surface area contributed by atoms with Crippen molar-refractivity contribution in [2.24, 2.45) is 0 Å². The van der Waals surface area contributed by atoms with Crippen LogP contribution in [0.1, 0.15) is 46.3 Å². The Hall–Kier alpha value is -3.22. The van der Waals surface area contributed by atoms with E-state index in [1.165, 1.54) is 24.9 Å². The first-order valence-corrected chi connectivity index (χ1v) is 15.5. The van der Waals surface area contributed by atoms with Gasteiger partial charge in [0.1, 0.15) is 23.4 Å². The van der Waals surface area contributed by atoms with Crippen molar-refractivity contribution in [2.45, 2.75) is 37.5 Å². The fourth-order valence-electron chi connectivity index (χ4n) is 5.90. The molecule has 3 N–H and O–H groups in total. The van der Waals surface area contributed by atoms with Crippen LogP contribution < -0.4 is 10.7 Å². The summed E-state index contributed by atoms with van der Waals surface area (Å²) in [7, 11) is -1.60. The highest BCUT2D eigenvalue weighted by Gasteiger charge is 2.42. The summed E-state index contributed by atoms with van der Waals surface area (Å²) in [4.78, 5) is 25.2. The fourth-order valence-corrected chi connectivity index (χ4v) is 7.09. The molecule has 3 heterocycles. The summed E-state index contributed by atoms with van der Waals surface area (Å²) in [6.45, 7) is 3.84. The van der Waals surface area contributed by atoms with Crippen molar-refractivity contribution in [1.82, 2.24) is 20.7 Å². The molecule has 0 spiro atoms. The number of carbonyl (C=O) groups is 1. The third-order valence-corrected chi connectivity index (χ3v) is 8.98. The van der Waals surface area contributed by atoms with E-state index < -0.39 is 24.9 Å². The van der Waals surface area contributed by atoms with Crippen LogP contribution in [0.2, 0.25) is 5.02 Å². The first kappa shape index (κ1) is 28.3. The van der Waals surface area contributed by atoms with Crippen molar-refractivity contribution >= 4 is 30.6 Å². The average Bonchev–Trinajstić information content (AvgIpc) is 3.48. The lowest BCUT2D eigenvalue weighted by Gasteiger charge is -2.39. The van der Waals surface area contributed by atoms with Crippen LogP contribution in [0.3, 0.4) is 0 Å². The number of benzene rings is 2. The lowest BCUT2D eigenvalue weighted by molar-refractivity contribution is 0.0618. The first-order valence-electron chi connectivity index (χ1n) is 12.8. The lowest BCUT2D eigenvalue weighted by atomic mass is 9.89. The molecule has 40 heavy (non-hydrogen) atoms. The molecular weight excluding hydrogens is 559 g/mol. The van der Waals surface area contributed by atoms with E-state index in [4.69, 9.17) is 16.9 Å². The molecule has 0 saturated carbocycles. The van der Waals surface area contributed by atoms with Gasteiger partial charge in [0.2, 0.25) is 7.37 Å². The van der Waals surface area contributed by atoms with Gasteiger partial charge < -0.3 is 20.1 Å². The highest BCUT2D eigenvalue weighted by atomic mass is 35.5. The van der Waals surface area contributed by atoms with Gasteiger partial charge in [-0.25, -0.2) is 14.2 Å². The largest absolute Gasteiger partial charge is 0.376 e. The number of carbonyl (C=O) groups excluding carboxylic acids is 1. The number of rotatable bonds is 5. The smallest absolute Gasteiger partial charge is 0.255 e. The van der Waals surface area contributed by atoms with E-state index in [1.54, 1.807) is 29.1 Å². The monoisotopic (exact) mass is 587 g/mol. The molecule has 3 aliphatic heterocycles. The summed E-state index contributed by atoms with van der Waals surface area (Å²) in [5, 5.41) is 14.0. The van der Waals surface area contributed by atoms with Crippen molar-refractivity contribution in [1.29, 1.82) is 5.26 Å². The molecule has 5 rings (SSSR count). The summed E-state index contributed by atoms with van der Waals surface area (Å²) in [5.74, 6) is -1.83. The molecule has 0 radical (unpaired) electrons.